The Kier molecular flexibility index (Phi) is 9.12. The summed E-state index contributed by atoms with van der Waals surface area (Å²) in [6.07, 6.45) is 9.30. The number of hydrogen-bond acceptors (Lipinski definition) is 9. The lowest BCUT2D eigenvalue weighted by molar-refractivity contribution is 0.0432. The molecule has 3 fully saturated rings. The highest BCUT2D eigenvalue weighted by Gasteiger charge is 2.42. The van der Waals surface area contributed by atoms with Crippen LogP contribution >= 0.6 is 18.7 Å². The zero-order chi connectivity index (χ0) is 30.9. The molecule has 11 heteroatoms. The molecule has 4 heterocycles. The van der Waals surface area contributed by atoms with Gasteiger partial charge in [0.25, 0.3) is 0 Å². The van der Waals surface area contributed by atoms with Crippen LogP contribution in [-0.2, 0) is 4.57 Å². The Morgan fingerprint density at radius 2 is 1.73 bits per heavy atom. The van der Waals surface area contributed by atoms with Crippen LogP contribution in [0.5, 0.6) is 5.75 Å². The first-order chi connectivity index (χ1) is 21.1. The van der Waals surface area contributed by atoms with Gasteiger partial charge >= 0.3 is 0 Å². The molecule has 0 unspecified atom stereocenters. The average Bonchev–Trinajstić information content (AvgIpc) is 3.38. The van der Waals surface area contributed by atoms with Crippen molar-refractivity contribution < 1.29 is 9.30 Å². The molecule has 236 valence electrons. The van der Waals surface area contributed by atoms with E-state index in [2.05, 4.69) is 54.5 Å². The SMILES string of the molecule is COc1cc(N2CCC(N3CCC4(CCCN4C)CC3)CC2)ccc1Nc1ncc(Cl)c(Nc2ccccc2P(C)(C)=O)n1. The summed E-state index contributed by atoms with van der Waals surface area (Å²) in [6.45, 7) is 9.31. The summed E-state index contributed by atoms with van der Waals surface area (Å²) in [5.74, 6) is 1.54. The maximum atomic E-state index is 12.8. The van der Waals surface area contributed by atoms with Crippen molar-refractivity contribution in [1.29, 1.82) is 0 Å². The van der Waals surface area contributed by atoms with Crippen molar-refractivity contribution in [1.82, 2.24) is 19.8 Å². The van der Waals surface area contributed by atoms with Crippen LogP contribution in [-0.4, -0.2) is 91.6 Å². The number of benzene rings is 2. The van der Waals surface area contributed by atoms with Crippen molar-refractivity contribution in [3.05, 3.63) is 53.7 Å². The fourth-order valence-corrected chi connectivity index (χ4v) is 8.59. The second kappa shape index (κ2) is 12.9. The number of ether oxygens (including phenoxy) is 1. The predicted octanol–water partition coefficient (Wildman–Crippen LogP) is 6.40. The number of para-hydroxylation sites is 1. The molecule has 9 nitrogen and oxygen atoms in total. The first kappa shape index (κ1) is 31.2. The molecule has 44 heavy (non-hydrogen) atoms. The minimum atomic E-state index is -2.51. The predicted molar refractivity (Wildman–Crippen MR) is 183 cm³/mol. The maximum Gasteiger partial charge on any atom is 0.229 e. The van der Waals surface area contributed by atoms with Crippen LogP contribution in [0.1, 0.15) is 38.5 Å². The van der Waals surface area contributed by atoms with Gasteiger partial charge in [-0.2, -0.15) is 4.98 Å². The third-order valence-corrected chi connectivity index (χ3v) is 11.8. The third kappa shape index (κ3) is 6.57. The molecule has 0 bridgehead atoms. The number of methoxy groups -OCH3 is 1. The number of anilines is 5. The van der Waals surface area contributed by atoms with Gasteiger partial charge in [0.1, 0.15) is 17.9 Å². The van der Waals surface area contributed by atoms with Gasteiger partial charge in [-0.15, -0.1) is 0 Å². The van der Waals surface area contributed by atoms with Crippen molar-refractivity contribution in [3.8, 4) is 5.75 Å². The summed E-state index contributed by atoms with van der Waals surface area (Å²) in [5.41, 5.74) is 3.12. The van der Waals surface area contributed by atoms with Crippen molar-refractivity contribution in [2.24, 2.45) is 0 Å². The number of piperidine rings is 2. The summed E-state index contributed by atoms with van der Waals surface area (Å²) in [7, 11) is 1.50. The van der Waals surface area contributed by atoms with E-state index in [0.717, 1.165) is 35.5 Å². The molecule has 1 aromatic heterocycles. The van der Waals surface area contributed by atoms with Crippen molar-refractivity contribution in [2.75, 3.05) is 75.7 Å². The normalized spacial score (nSPS) is 19.8. The Morgan fingerprint density at radius 1 is 0.977 bits per heavy atom. The van der Waals surface area contributed by atoms with Gasteiger partial charge in [0.2, 0.25) is 5.95 Å². The van der Waals surface area contributed by atoms with E-state index < -0.39 is 7.14 Å². The Morgan fingerprint density at radius 3 is 2.41 bits per heavy atom. The number of hydrogen-bond donors (Lipinski definition) is 2. The zero-order valence-corrected chi connectivity index (χ0v) is 28.0. The topological polar surface area (TPSA) is 85.9 Å². The molecule has 3 aliphatic rings. The van der Waals surface area contributed by atoms with Crippen molar-refractivity contribution in [2.45, 2.75) is 50.1 Å². The Bertz CT molecular complexity index is 1520. The highest BCUT2D eigenvalue weighted by atomic mass is 35.5. The average molecular weight is 638 g/mol. The van der Waals surface area contributed by atoms with Gasteiger partial charge < -0.3 is 34.6 Å². The maximum absolute atomic E-state index is 12.8. The molecule has 0 saturated carbocycles. The molecule has 2 N–H and O–H groups in total. The van der Waals surface area contributed by atoms with Gasteiger partial charge in [0.15, 0.2) is 5.82 Å². The van der Waals surface area contributed by atoms with Gasteiger partial charge in [-0.25, -0.2) is 4.98 Å². The number of rotatable bonds is 8. The monoisotopic (exact) mass is 637 g/mol. The van der Waals surface area contributed by atoms with Gasteiger partial charge in [-0.05, 0) is 89.7 Å². The van der Waals surface area contributed by atoms with Crippen LogP contribution in [0, 0.1) is 0 Å². The van der Waals surface area contributed by atoms with Crippen molar-refractivity contribution >= 4 is 52.9 Å². The summed E-state index contributed by atoms with van der Waals surface area (Å²) >= 11 is 6.46. The smallest absolute Gasteiger partial charge is 0.229 e. The van der Waals surface area contributed by atoms with E-state index in [9.17, 15) is 4.57 Å². The lowest BCUT2D eigenvalue weighted by Gasteiger charge is -2.47. The van der Waals surface area contributed by atoms with Crippen LogP contribution in [0.25, 0.3) is 0 Å². The van der Waals surface area contributed by atoms with Gasteiger partial charge in [-0.3, -0.25) is 0 Å². The van der Waals surface area contributed by atoms with E-state index in [0.29, 0.717) is 34.1 Å². The van der Waals surface area contributed by atoms with Crippen LogP contribution in [0.15, 0.2) is 48.7 Å². The lowest BCUT2D eigenvalue weighted by atomic mass is 9.84. The highest BCUT2D eigenvalue weighted by Crippen LogP contribution is 2.40. The number of nitrogens with one attached hydrogen (secondary N) is 2. The quantitative estimate of drug-likeness (QED) is 0.272. The molecule has 3 aliphatic heterocycles. The molecular formula is C33H45ClN7O2P. The molecule has 3 aromatic rings. The van der Waals surface area contributed by atoms with E-state index in [1.165, 1.54) is 58.2 Å². The first-order valence-electron chi connectivity index (χ1n) is 15.7. The van der Waals surface area contributed by atoms with Gasteiger partial charge in [-0.1, -0.05) is 23.7 Å². The molecule has 0 atom stereocenters. The summed E-state index contributed by atoms with van der Waals surface area (Å²) < 4.78 is 18.6. The molecule has 0 radical (unpaired) electrons. The number of likely N-dealkylation sites (tertiary alicyclic amines) is 2. The van der Waals surface area contributed by atoms with Crippen molar-refractivity contribution in [3.63, 3.8) is 0 Å². The van der Waals surface area contributed by atoms with E-state index >= 15 is 0 Å². The minimum absolute atomic E-state index is 0.369. The fourth-order valence-electron chi connectivity index (χ4n) is 7.29. The summed E-state index contributed by atoms with van der Waals surface area (Å²) in [5, 5.41) is 7.66. The van der Waals surface area contributed by atoms with E-state index in [1.807, 2.05) is 30.3 Å². The third-order valence-electron chi connectivity index (χ3n) is 9.93. The molecule has 3 saturated heterocycles. The molecule has 1 spiro atoms. The van der Waals surface area contributed by atoms with Crippen LogP contribution < -0.4 is 25.6 Å². The fraction of sp³-hybridized carbons (Fsp3) is 0.515. The first-order valence-corrected chi connectivity index (χ1v) is 18.7. The van der Waals surface area contributed by atoms with E-state index in [-0.39, 0.29) is 0 Å². The van der Waals surface area contributed by atoms with E-state index in [1.54, 1.807) is 26.6 Å². The second-order valence-electron chi connectivity index (χ2n) is 12.9. The molecule has 0 amide bonds. The van der Waals surface area contributed by atoms with Gasteiger partial charge in [0.05, 0.1) is 24.7 Å². The Balaban J connectivity index is 1.09. The van der Waals surface area contributed by atoms with E-state index in [4.69, 9.17) is 16.3 Å². The largest absolute Gasteiger partial charge is 0.494 e. The highest BCUT2D eigenvalue weighted by molar-refractivity contribution is 7.70. The van der Waals surface area contributed by atoms with Crippen LogP contribution in [0.2, 0.25) is 5.02 Å². The standard InChI is InChI=1S/C33H45ClN7O2P/c1-39-17-7-14-33(39)15-20-41(21-16-33)24-12-18-40(19-13-24)25-10-11-27(29(22-25)43-2)37-32-35-23-26(34)31(38-32)36-28-8-5-6-9-30(28)44(3,4)42/h5-6,8-11,22-24H,7,12-21H2,1-4H3,(H2,35,36,37,38). The Hall–Kier alpha value is -2.84. The van der Waals surface area contributed by atoms with Gasteiger partial charge in [0, 0.05) is 54.8 Å². The van der Waals surface area contributed by atoms with Crippen LogP contribution in [0.3, 0.4) is 0 Å². The molecular weight excluding hydrogens is 593 g/mol. The molecule has 0 aliphatic carbocycles. The Labute approximate surface area is 266 Å². The zero-order valence-electron chi connectivity index (χ0n) is 26.4. The molecule has 6 rings (SSSR count). The second-order valence-corrected chi connectivity index (χ2v) is 16.5. The van der Waals surface area contributed by atoms with Crippen LogP contribution in [0.4, 0.5) is 28.8 Å². The summed E-state index contributed by atoms with van der Waals surface area (Å²) in [6, 6.07) is 14.4. The minimum Gasteiger partial charge on any atom is -0.494 e. The lowest BCUT2D eigenvalue weighted by Crippen LogP contribution is -2.54. The number of nitrogens with zero attached hydrogens (tertiary/aromatic N) is 5. The summed E-state index contributed by atoms with van der Waals surface area (Å²) in [4.78, 5) is 16.9. The number of halogens is 1. The number of aromatic nitrogens is 2. The molecule has 2 aromatic carbocycles.